The van der Waals surface area contributed by atoms with Gasteiger partial charge in [-0.2, -0.15) is 14.1 Å². The number of piperidine rings is 1. The van der Waals surface area contributed by atoms with Crippen LogP contribution in [0.3, 0.4) is 0 Å². The van der Waals surface area contributed by atoms with Gasteiger partial charge in [-0.05, 0) is 74.9 Å². The van der Waals surface area contributed by atoms with Crippen molar-refractivity contribution in [2.45, 2.75) is 49.8 Å². The molecule has 0 saturated carbocycles. The number of anilines is 1. The van der Waals surface area contributed by atoms with Crippen LogP contribution in [0.25, 0.3) is 17.4 Å². The lowest BCUT2D eigenvalue weighted by atomic mass is 9.97. The monoisotopic (exact) mass is 548 g/mol. The Labute approximate surface area is 224 Å². The van der Waals surface area contributed by atoms with Crippen molar-refractivity contribution < 1.29 is 17.6 Å². The molecular weight excluding hydrogens is 520 g/mol. The first kappa shape index (κ1) is 25.3. The molecule has 0 atom stereocenters. The van der Waals surface area contributed by atoms with Crippen molar-refractivity contribution in [3.63, 3.8) is 0 Å². The summed E-state index contributed by atoms with van der Waals surface area (Å²) in [6, 6.07) is 11.0. The van der Waals surface area contributed by atoms with Gasteiger partial charge in [0.2, 0.25) is 16.0 Å². The SMILES string of the molecule is O=C(Nc1cc(-c2ccco2)nn1-c1nc2c(c(=O)[nH]1)CCCC2)c1ccc(S(=O)(=O)N2CCCCC2)cc1. The highest BCUT2D eigenvalue weighted by Gasteiger charge is 2.26. The van der Waals surface area contributed by atoms with E-state index in [2.05, 4.69) is 20.4 Å². The number of hydrogen-bond acceptors (Lipinski definition) is 7. The number of aromatic nitrogens is 4. The standard InChI is InChI=1S/C27H28N6O5S/c34-25(18-10-12-19(13-11-18)39(36,37)32-14-4-1-5-15-32)29-24-17-22(23-9-6-16-38-23)31-33(24)27-28-21-8-3-2-7-20(21)26(35)30-27/h6,9-13,16-17H,1-5,7-8,14-15H2,(H,29,34)(H,28,30,35). The number of fused-ring (bicyclic) bond motifs is 1. The first-order chi connectivity index (χ1) is 18.9. The zero-order valence-corrected chi connectivity index (χ0v) is 22.0. The van der Waals surface area contributed by atoms with E-state index in [9.17, 15) is 18.0 Å². The minimum absolute atomic E-state index is 0.155. The molecule has 2 N–H and O–H groups in total. The highest BCUT2D eigenvalue weighted by molar-refractivity contribution is 7.89. The van der Waals surface area contributed by atoms with Gasteiger partial charge in [0.15, 0.2) is 5.76 Å². The molecule has 12 heteroatoms. The van der Waals surface area contributed by atoms with Crippen molar-refractivity contribution in [3.05, 3.63) is 75.9 Å². The topological polar surface area (TPSA) is 143 Å². The van der Waals surface area contributed by atoms with E-state index in [1.54, 1.807) is 18.2 Å². The van der Waals surface area contributed by atoms with Crippen LogP contribution in [0, 0.1) is 0 Å². The highest BCUT2D eigenvalue weighted by atomic mass is 32.2. The van der Waals surface area contributed by atoms with Crippen molar-refractivity contribution in [3.8, 4) is 17.4 Å². The lowest BCUT2D eigenvalue weighted by molar-refractivity contribution is 0.102. The first-order valence-electron chi connectivity index (χ1n) is 13.1. The molecule has 1 amide bonds. The van der Waals surface area contributed by atoms with E-state index < -0.39 is 15.9 Å². The Balaban J connectivity index is 1.30. The maximum atomic E-state index is 13.2. The number of amides is 1. The third-order valence-electron chi connectivity index (χ3n) is 7.17. The molecule has 0 spiro atoms. The molecule has 1 aromatic carbocycles. The van der Waals surface area contributed by atoms with Crippen LogP contribution in [0.4, 0.5) is 5.82 Å². The summed E-state index contributed by atoms with van der Waals surface area (Å²) in [7, 11) is -3.60. The van der Waals surface area contributed by atoms with Gasteiger partial charge in [0.1, 0.15) is 11.5 Å². The maximum absolute atomic E-state index is 13.2. The number of rotatable bonds is 6. The smallest absolute Gasteiger partial charge is 0.256 e. The van der Waals surface area contributed by atoms with E-state index >= 15 is 0 Å². The summed E-state index contributed by atoms with van der Waals surface area (Å²) in [5.74, 6) is 0.480. The molecule has 0 radical (unpaired) electrons. The molecule has 1 fully saturated rings. The molecule has 39 heavy (non-hydrogen) atoms. The molecule has 0 bridgehead atoms. The van der Waals surface area contributed by atoms with Crippen LogP contribution in [-0.4, -0.2) is 51.5 Å². The van der Waals surface area contributed by atoms with Gasteiger partial charge in [0, 0.05) is 30.3 Å². The van der Waals surface area contributed by atoms with Crippen molar-refractivity contribution >= 4 is 21.7 Å². The normalized spacial score (nSPS) is 16.1. The number of aryl methyl sites for hydroxylation is 1. The van der Waals surface area contributed by atoms with Crippen molar-refractivity contribution in [1.82, 2.24) is 24.1 Å². The first-order valence-corrected chi connectivity index (χ1v) is 14.5. The minimum atomic E-state index is -3.60. The third-order valence-corrected chi connectivity index (χ3v) is 9.09. The van der Waals surface area contributed by atoms with Gasteiger partial charge in [0.25, 0.3) is 11.5 Å². The van der Waals surface area contributed by atoms with Crippen LogP contribution in [0.2, 0.25) is 0 Å². The number of aromatic amines is 1. The van der Waals surface area contributed by atoms with Crippen LogP contribution in [0.5, 0.6) is 0 Å². The average Bonchev–Trinajstić information content (AvgIpc) is 3.64. The summed E-state index contributed by atoms with van der Waals surface area (Å²) in [5, 5.41) is 7.38. The van der Waals surface area contributed by atoms with E-state index in [-0.39, 0.29) is 27.8 Å². The van der Waals surface area contributed by atoms with Crippen molar-refractivity contribution in [1.29, 1.82) is 0 Å². The van der Waals surface area contributed by atoms with Crippen LogP contribution >= 0.6 is 0 Å². The number of H-pyrrole nitrogens is 1. The van der Waals surface area contributed by atoms with Gasteiger partial charge < -0.3 is 9.73 Å². The number of nitrogens with zero attached hydrogens (tertiary/aromatic N) is 4. The lowest BCUT2D eigenvalue weighted by Gasteiger charge is -2.25. The highest BCUT2D eigenvalue weighted by Crippen LogP contribution is 2.26. The van der Waals surface area contributed by atoms with Crippen LogP contribution in [-0.2, 0) is 22.9 Å². The summed E-state index contributed by atoms with van der Waals surface area (Å²) >= 11 is 0. The lowest BCUT2D eigenvalue weighted by Crippen LogP contribution is -2.35. The summed E-state index contributed by atoms with van der Waals surface area (Å²) < 4.78 is 34.3. The summed E-state index contributed by atoms with van der Waals surface area (Å²) in [4.78, 5) is 33.6. The Bertz CT molecular complexity index is 1670. The molecular formula is C27H28N6O5S. The molecule has 202 valence electrons. The zero-order valence-electron chi connectivity index (χ0n) is 21.2. The largest absolute Gasteiger partial charge is 0.463 e. The molecule has 1 aliphatic heterocycles. The fraction of sp³-hybridized carbons (Fsp3) is 0.333. The Morgan fingerprint density at radius 1 is 1.00 bits per heavy atom. The molecule has 3 aromatic heterocycles. The van der Waals surface area contributed by atoms with E-state index in [0.717, 1.165) is 37.8 Å². The van der Waals surface area contributed by atoms with Crippen molar-refractivity contribution in [2.24, 2.45) is 0 Å². The van der Waals surface area contributed by atoms with E-state index in [4.69, 9.17) is 4.42 Å². The van der Waals surface area contributed by atoms with E-state index in [1.807, 2.05) is 0 Å². The predicted molar refractivity (Wildman–Crippen MR) is 143 cm³/mol. The third kappa shape index (κ3) is 4.92. The number of hydrogen-bond donors (Lipinski definition) is 2. The minimum Gasteiger partial charge on any atom is -0.463 e. The van der Waals surface area contributed by atoms with Gasteiger partial charge in [-0.25, -0.2) is 13.4 Å². The number of benzene rings is 1. The number of carbonyl (C=O) groups excluding carboxylic acids is 1. The number of sulfonamides is 1. The van der Waals surface area contributed by atoms with Gasteiger partial charge in [-0.3, -0.25) is 14.6 Å². The molecule has 11 nitrogen and oxygen atoms in total. The Morgan fingerprint density at radius 2 is 1.77 bits per heavy atom. The number of carbonyl (C=O) groups is 1. The van der Waals surface area contributed by atoms with Crippen LogP contribution in [0.1, 0.15) is 53.7 Å². The molecule has 1 saturated heterocycles. The Morgan fingerprint density at radius 3 is 2.51 bits per heavy atom. The van der Waals surface area contributed by atoms with Gasteiger partial charge in [-0.1, -0.05) is 6.42 Å². The second-order valence-electron chi connectivity index (χ2n) is 9.77. The molecule has 1 aliphatic carbocycles. The maximum Gasteiger partial charge on any atom is 0.256 e. The second-order valence-corrected chi connectivity index (χ2v) is 11.7. The van der Waals surface area contributed by atoms with Gasteiger partial charge in [-0.15, -0.1) is 0 Å². The average molecular weight is 549 g/mol. The summed E-state index contributed by atoms with van der Waals surface area (Å²) in [6.45, 7) is 1.01. The quantitative estimate of drug-likeness (QED) is 0.375. The molecule has 4 heterocycles. The molecule has 6 rings (SSSR count). The fourth-order valence-electron chi connectivity index (χ4n) is 5.09. The van der Waals surface area contributed by atoms with Gasteiger partial charge >= 0.3 is 0 Å². The number of nitrogens with one attached hydrogen (secondary N) is 2. The summed E-state index contributed by atoms with van der Waals surface area (Å²) in [6.07, 6.45) is 7.52. The van der Waals surface area contributed by atoms with Crippen LogP contribution < -0.4 is 10.9 Å². The molecule has 2 aliphatic rings. The van der Waals surface area contributed by atoms with E-state index in [1.165, 1.54) is 39.5 Å². The molecule has 4 aromatic rings. The zero-order chi connectivity index (χ0) is 27.0. The Kier molecular flexibility index (Phi) is 6.65. The molecule has 0 unspecified atom stereocenters. The van der Waals surface area contributed by atoms with E-state index in [0.29, 0.717) is 42.9 Å². The van der Waals surface area contributed by atoms with Crippen LogP contribution in [0.15, 0.2) is 62.8 Å². The summed E-state index contributed by atoms with van der Waals surface area (Å²) in [5.41, 5.74) is 1.92. The van der Waals surface area contributed by atoms with Gasteiger partial charge in [0.05, 0.1) is 16.9 Å². The van der Waals surface area contributed by atoms with Crippen molar-refractivity contribution in [2.75, 3.05) is 18.4 Å². The second kappa shape index (κ2) is 10.3. The predicted octanol–water partition coefficient (Wildman–Crippen LogP) is 3.52. The Hall–Kier alpha value is -4.03. The fourth-order valence-corrected chi connectivity index (χ4v) is 6.60. The number of furan rings is 1.